The molecule has 2 aliphatic heterocycles. The molecular formula is C24H28ClN3O4. The fraction of sp³-hybridized carbons (Fsp3) is 0.458. The lowest BCUT2D eigenvalue weighted by Crippen LogP contribution is -2.55. The Balaban J connectivity index is 1.47. The summed E-state index contributed by atoms with van der Waals surface area (Å²) in [4.78, 5) is 42.6. The van der Waals surface area contributed by atoms with Crippen LogP contribution in [0.5, 0.6) is 0 Å². The molecule has 0 bridgehead atoms. The highest BCUT2D eigenvalue weighted by Gasteiger charge is 2.37. The molecule has 0 radical (unpaired) electrons. The Bertz CT molecular complexity index is 948. The number of likely N-dealkylation sites (tertiary alicyclic amines) is 2. The van der Waals surface area contributed by atoms with Gasteiger partial charge in [-0.3, -0.25) is 14.4 Å². The van der Waals surface area contributed by atoms with Gasteiger partial charge in [-0.05, 0) is 62.3 Å². The Kier molecular flexibility index (Phi) is 7.15. The van der Waals surface area contributed by atoms with E-state index < -0.39 is 6.04 Å². The van der Waals surface area contributed by atoms with Gasteiger partial charge in [-0.1, -0.05) is 23.7 Å². The van der Waals surface area contributed by atoms with Gasteiger partial charge in [0.1, 0.15) is 6.04 Å². The maximum absolute atomic E-state index is 13.4. The van der Waals surface area contributed by atoms with Crippen LogP contribution < -0.4 is 5.32 Å². The third kappa shape index (κ3) is 4.99. The zero-order valence-corrected chi connectivity index (χ0v) is 18.7. The average molecular weight is 458 g/mol. The summed E-state index contributed by atoms with van der Waals surface area (Å²) in [5.41, 5.74) is 0.357. The highest BCUT2D eigenvalue weighted by Crippen LogP contribution is 2.25. The first-order valence-electron chi connectivity index (χ1n) is 11.2. The van der Waals surface area contributed by atoms with E-state index in [0.29, 0.717) is 55.4 Å². The molecule has 32 heavy (non-hydrogen) atoms. The number of halogens is 1. The lowest BCUT2D eigenvalue weighted by molar-refractivity contribution is -0.136. The number of carbonyl (C=O) groups is 3. The number of hydrogen-bond acceptors (Lipinski definition) is 4. The first-order chi connectivity index (χ1) is 15.5. The molecule has 1 aromatic carbocycles. The number of hydrogen-bond donors (Lipinski definition) is 1. The smallest absolute Gasteiger partial charge is 0.289 e. The van der Waals surface area contributed by atoms with Gasteiger partial charge in [-0.15, -0.1) is 0 Å². The summed E-state index contributed by atoms with van der Waals surface area (Å²) in [6.45, 7) is 2.45. The molecule has 1 aromatic heterocycles. The van der Waals surface area contributed by atoms with E-state index in [1.54, 1.807) is 41.3 Å². The van der Waals surface area contributed by atoms with E-state index in [4.69, 9.17) is 16.0 Å². The van der Waals surface area contributed by atoms with Gasteiger partial charge in [-0.2, -0.15) is 0 Å². The number of furan rings is 1. The first-order valence-corrected chi connectivity index (χ1v) is 11.6. The van der Waals surface area contributed by atoms with Crippen LogP contribution in [-0.2, 0) is 4.79 Å². The molecule has 1 N–H and O–H groups in total. The van der Waals surface area contributed by atoms with Crippen LogP contribution in [-0.4, -0.2) is 59.7 Å². The number of piperidine rings is 2. The molecule has 7 nitrogen and oxygen atoms in total. The Morgan fingerprint density at radius 2 is 1.66 bits per heavy atom. The molecule has 3 amide bonds. The molecule has 0 spiro atoms. The SMILES string of the molecule is O=C(NC(C(=O)N1CCCCC1)C1CCN(C(=O)c2ccco2)CC1)c1ccccc1Cl. The quantitative estimate of drug-likeness (QED) is 0.743. The van der Waals surface area contributed by atoms with Gasteiger partial charge >= 0.3 is 0 Å². The van der Waals surface area contributed by atoms with Crippen LogP contribution in [0.1, 0.15) is 53.0 Å². The molecule has 3 heterocycles. The van der Waals surface area contributed by atoms with Crippen molar-refractivity contribution in [1.82, 2.24) is 15.1 Å². The molecule has 4 rings (SSSR count). The number of nitrogens with zero attached hydrogens (tertiary/aromatic N) is 2. The Morgan fingerprint density at radius 3 is 2.31 bits per heavy atom. The normalized spacial score (nSPS) is 18.3. The van der Waals surface area contributed by atoms with E-state index in [1.807, 2.05) is 4.90 Å². The molecule has 8 heteroatoms. The van der Waals surface area contributed by atoms with Crippen molar-refractivity contribution in [2.45, 2.75) is 38.1 Å². The standard InChI is InChI=1S/C24H28ClN3O4/c25-19-8-3-2-7-18(19)22(29)26-21(24(31)27-12-4-1-5-13-27)17-10-14-28(15-11-17)23(30)20-9-6-16-32-20/h2-3,6-9,16-17,21H,1,4-5,10-15H2,(H,26,29). The summed E-state index contributed by atoms with van der Waals surface area (Å²) in [5, 5.41) is 3.33. The fourth-order valence-corrected chi connectivity index (χ4v) is 4.77. The lowest BCUT2D eigenvalue weighted by Gasteiger charge is -2.38. The molecule has 2 fully saturated rings. The van der Waals surface area contributed by atoms with Crippen molar-refractivity contribution in [2.24, 2.45) is 5.92 Å². The second-order valence-corrected chi connectivity index (χ2v) is 8.83. The minimum absolute atomic E-state index is 0.0408. The van der Waals surface area contributed by atoms with Gasteiger partial charge in [0.05, 0.1) is 16.8 Å². The Morgan fingerprint density at radius 1 is 0.938 bits per heavy atom. The summed E-state index contributed by atoms with van der Waals surface area (Å²) in [6, 6.07) is 9.54. The number of rotatable bonds is 5. The molecular weight excluding hydrogens is 430 g/mol. The third-order valence-corrected chi connectivity index (χ3v) is 6.70. The van der Waals surface area contributed by atoms with Gasteiger partial charge in [0, 0.05) is 26.2 Å². The highest BCUT2D eigenvalue weighted by molar-refractivity contribution is 6.33. The van der Waals surface area contributed by atoms with Crippen LogP contribution in [0, 0.1) is 5.92 Å². The molecule has 0 saturated carbocycles. The van der Waals surface area contributed by atoms with E-state index in [-0.39, 0.29) is 23.6 Å². The van der Waals surface area contributed by atoms with Crippen molar-refractivity contribution >= 4 is 29.3 Å². The highest BCUT2D eigenvalue weighted by atomic mass is 35.5. The zero-order chi connectivity index (χ0) is 22.5. The van der Waals surface area contributed by atoms with Gasteiger partial charge in [0.25, 0.3) is 11.8 Å². The maximum Gasteiger partial charge on any atom is 0.289 e. The molecule has 2 aromatic rings. The number of nitrogens with one attached hydrogen (secondary N) is 1. The Hall–Kier alpha value is -2.80. The summed E-state index contributed by atoms with van der Waals surface area (Å²) in [5.74, 6) is -0.277. The lowest BCUT2D eigenvalue weighted by atomic mass is 9.87. The second-order valence-electron chi connectivity index (χ2n) is 8.42. The number of benzene rings is 1. The minimum atomic E-state index is -0.641. The van der Waals surface area contributed by atoms with Crippen LogP contribution in [0.2, 0.25) is 5.02 Å². The van der Waals surface area contributed by atoms with Gasteiger partial charge in [0.15, 0.2) is 5.76 Å². The van der Waals surface area contributed by atoms with Crippen LogP contribution in [0.3, 0.4) is 0 Å². The van der Waals surface area contributed by atoms with E-state index >= 15 is 0 Å². The van der Waals surface area contributed by atoms with Crippen LogP contribution >= 0.6 is 11.6 Å². The zero-order valence-electron chi connectivity index (χ0n) is 18.0. The first kappa shape index (κ1) is 22.4. The summed E-state index contributed by atoms with van der Waals surface area (Å²) in [7, 11) is 0. The Labute approximate surface area is 192 Å². The molecule has 2 aliphatic rings. The summed E-state index contributed by atoms with van der Waals surface area (Å²) in [6.07, 6.45) is 5.81. The van der Waals surface area contributed by atoms with Gasteiger partial charge < -0.3 is 19.5 Å². The van der Waals surface area contributed by atoms with Crippen molar-refractivity contribution in [1.29, 1.82) is 0 Å². The predicted octanol–water partition coefficient (Wildman–Crippen LogP) is 3.60. The molecule has 1 atom stereocenters. The number of carbonyl (C=O) groups excluding carboxylic acids is 3. The van der Waals surface area contributed by atoms with Crippen molar-refractivity contribution in [3.8, 4) is 0 Å². The monoisotopic (exact) mass is 457 g/mol. The van der Waals surface area contributed by atoms with E-state index in [0.717, 1.165) is 19.3 Å². The molecule has 2 saturated heterocycles. The number of amides is 3. The molecule has 170 valence electrons. The van der Waals surface area contributed by atoms with Gasteiger partial charge in [-0.25, -0.2) is 0 Å². The topological polar surface area (TPSA) is 82.9 Å². The summed E-state index contributed by atoms with van der Waals surface area (Å²) >= 11 is 6.21. The van der Waals surface area contributed by atoms with E-state index in [1.165, 1.54) is 6.26 Å². The van der Waals surface area contributed by atoms with Crippen molar-refractivity contribution in [3.63, 3.8) is 0 Å². The van der Waals surface area contributed by atoms with Gasteiger partial charge in [0.2, 0.25) is 5.91 Å². The van der Waals surface area contributed by atoms with Crippen LogP contribution in [0.25, 0.3) is 0 Å². The van der Waals surface area contributed by atoms with E-state index in [2.05, 4.69) is 5.32 Å². The average Bonchev–Trinajstić information content (AvgIpc) is 3.37. The third-order valence-electron chi connectivity index (χ3n) is 6.37. The van der Waals surface area contributed by atoms with Crippen molar-refractivity contribution < 1.29 is 18.8 Å². The largest absolute Gasteiger partial charge is 0.459 e. The summed E-state index contributed by atoms with van der Waals surface area (Å²) < 4.78 is 5.23. The predicted molar refractivity (Wildman–Crippen MR) is 120 cm³/mol. The van der Waals surface area contributed by atoms with Crippen LogP contribution in [0.15, 0.2) is 47.1 Å². The fourth-order valence-electron chi connectivity index (χ4n) is 4.55. The molecule has 0 aliphatic carbocycles. The van der Waals surface area contributed by atoms with Crippen molar-refractivity contribution in [3.05, 3.63) is 59.0 Å². The maximum atomic E-state index is 13.4. The minimum Gasteiger partial charge on any atom is -0.459 e. The van der Waals surface area contributed by atoms with Crippen LogP contribution in [0.4, 0.5) is 0 Å². The van der Waals surface area contributed by atoms with E-state index in [9.17, 15) is 14.4 Å². The molecule has 1 unspecified atom stereocenters. The van der Waals surface area contributed by atoms with Crippen molar-refractivity contribution in [2.75, 3.05) is 26.2 Å². The second kappa shape index (κ2) is 10.2.